The Morgan fingerprint density at radius 3 is 2.50 bits per heavy atom. The summed E-state index contributed by atoms with van der Waals surface area (Å²) in [5.74, 6) is 0.539. The van der Waals surface area contributed by atoms with Crippen LogP contribution < -0.4 is 15.4 Å². The van der Waals surface area contributed by atoms with E-state index in [1.54, 1.807) is 13.2 Å². The molecule has 2 fully saturated rings. The Bertz CT molecular complexity index is 1580. The van der Waals surface area contributed by atoms with Gasteiger partial charge < -0.3 is 20.1 Å². The standard InChI is InChI=1S/C32H31N5O3/c1-39-30-11-7-23(32(21-33)12-13-32)18-29(30)36-31(38)35-28-10-9-25(26-4-2-3-5-27(26)28)22-6-8-24(34-19-22)20-37-14-16-40-17-15-37/h2-11,18-19H,12-17,20H2,1H3,(H2,35,36,38). The number of methoxy groups -OCH3 is 1. The number of aromatic nitrogens is 1. The van der Waals surface area contributed by atoms with Crippen molar-refractivity contribution in [3.63, 3.8) is 0 Å². The number of nitrogens with one attached hydrogen (secondary N) is 2. The molecule has 2 heterocycles. The highest BCUT2D eigenvalue weighted by Gasteiger charge is 2.45. The molecule has 2 amide bonds. The molecule has 6 rings (SSSR count). The molecule has 1 aliphatic heterocycles. The van der Waals surface area contributed by atoms with Crippen LogP contribution in [0.4, 0.5) is 16.2 Å². The lowest BCUT2D eigenvalue weighted by atomic mass is 9.97. The molecule has 4 aromatic rings. The average molecular weight is 534 g/mol. The highest BCUT2D eigenvalue weighted by Crippen LogP contribution is 2.49. The molecule has 0 unspecified atom stereocenters. The van der Waals surface area contributed by atoms with Crippen molar-refractivity contribution in [3.05, 3.63) is 84.2 Å². The molecule has 0 atom stereocenters. The van der Waals surface area contributed by atoms with Gasteiger partial charge in [-0.1, -0.05) is 42.5 Å². The van der Waals surface area contributed by atoms with E-state index in [4.69, 9.17) is 14.5 Å². The summed E-state index contributed by atoms with van der Waals surface area (Å²) < 4.78 is 10.9. The molecule has 2 N–H and O–H groups in total. The lowest BCUT2D eigenvalue weighted by Gasteiger charge is -2.26. The number of hydrogen-bond acceptors (Lipinski definition) is 6. The lowest BCUT2D eigenvalue weighted by molar-refractivity contribution is 0.0336. The number of morpholine rings is 1. The SMILES string of the molecule is COc1ccc(C2(C#N)CC2)cc1NC(=O)Nc1ccc(-c2ccc(CN3CCOCC3)nc2)c2ccccc12. The van der Waals surface area contributed by atoms with Crippen LogP contribution in [0.1, 0.15) is 24.1 Å². The molecular weight excluding hydrogens is 502 g/mol. The van der Waals surface area contributed by atoms with Crippen LogP contribution in [0.3, 0.4) is 0 Å². The topological polar surface area (TPSA) is 99.5 Å². The molecule has 8 heteroatoms. The predicted octanol–water partition coefficient (Wildman–Crippen LogP) is 5.94. The molecule has 3 aromatic carbocycles. The number of urea groups is 1. The van der Waals surface area contributed by atoms with E-state index in [1.807, 2.05) is 48.7 Å². The monoisotopic (exact) mass is 533 g/mol. The van der Waals surface area contributed by atoms with Gasteiger partial charge in [0, 0.05) is 36.8 Å². The van der Waals surface area contributed by atoms with Crippen molar-refractivity contribution in [2.45, 2.75) is 24.8 Å². The predicted molar refractivity (Wildman–Crippen MR) is 155 cm³/mol. The van der Waals surface area contributed by atoms with Crippen LogP contribution in [0.2, 0.25) is 0 Å². The Morgan fingerprint density at radius 2 is 1.80 bits per heavy atom. The van der Waals surface area contributed by atoms with Gasteiger partial charge >= 0.3 is 6.03 Å². The minimum absolute atomic E-state index is 0.385. The van der Waals surface area contributed by atoms with Crippen LogP contribution in [-0.4, -0.2) is 49.3 Å². The van der Waals surface area contributed by atoms with Crippen LogP contribution in [0, 0.1) is 11.3 Å². The van der Waals surface area contributed by atoms with Gasteiger partial charge in [-0.25, -0.2) is 4.79 Å². The molecule has 8 nitrogen and oxygen atoms in total. The van der Waals surface area contributed by atoms with Crippen molar-refractivity contribution in [2.24, 2.45) is 0 Å². The second kappa shape index (κ2) is 11.0. The number of amides is 2. The minimum Gasteiger partial charge on any atom is -0.495 e. The summed E-state index contributed by atoms with van der Waals surface area (Å²) in [7, 11) is 1.56. The zero-order valence-electron chi connectivity index (χ0n) is 22.4. The van der Waals surface area contributed by atoms with E-state index < -0.39 is 5.41 Å². The number of benzene rings is 3. The zero-order valence-corrected chi connectivity index (χ0v) is 22.4. The van der Waals surface area contributed by atoms with Crippen molar-refractivity contribution in [2.75, 3.05) is 44.0 Å². The summed E-state index contributed by atoms with van der Waals surface area (Å²) >= 11 is 0. The van der Waals surface area contributed by atoms with E-state index in [1.165, 1.54) is 0 Å². The van der Waals surface area contributed by atoms with Crippen LogP contribution in [0.25, 0.3) is 21.9 Å². The lowest BCUT2D eigenvalue weighted by Crippen LogP contribution is -2.35. The molecule has 1 aliphatic carbocycles. The molecule has 1 saturated heterocycles. The number of nitriles is 1. The summed E-state index contributed by atoms with van der Waals surface area (Å²) in [6.45, 7) is 4.20. The number of ether oxygens (including phenoxy) is 2. The van der Waals surface area contributed by atoms with Gasteiger partial charge in [-0.05, 0) is 53.6 Å². The fraction of sp³-hybridized carbons (Fsp3) is 0.281. The van der Waals surface area contributed by atoms with Crippen molar-refractivity contribution >= 4 is 28.2 Å². The van der Waals surface area contributed by atoms with E-state index in [9.17, 15) is 10.1 Å². The highest BCUT2D eigenvalue weighted by molar-refractivity contribution is 6.10. The first-order valence-corrected chi connectivity index (χ1v) is 13.5. The smallest absolute Gasteiger partial charge is 0.323 e. The number of anilines is 2. The third-order valence-electron chi connectivity index (χ3n) is 7.76. The fourth-order valence-electron chi connectivity index (χ4n) is 5.29. The molecule has 1 saturated carbocycles. The molecule has 40 heavy (non-hydrogen) atoms. The number of rotatable bonds is 7. The Labute approximate surface area is 233 Å². The third kappa shape index (κ3) is 5.22. The molecule has 0 spiro atoms. The second-order valence-corrected chi connectivity index (χ2v) is 10.3. The molecule has 0 bridgehead atoms. The normalized spacial score (nSPS) is 16.2. The van der Waals surface area contributed by atoms with Gasteiger partial charge in [-0.3, -0.25) is 9.88 Å². The van der Waals surface area contributed by atoms with Crippen LogP contribution >= 0.6 is 0 Å². The summed E-state index contributed by atoms with van der Waals surface area (Å²) in [4.78, 5) is 20.2. The van der Waals surface area contributed by atoms with E-state index >= 15 is 0 Å². The number of hydrogen-bond donors (Lipinski definition) is 2. The summed E-state index contributed by atoms with van der Waals surface area (Å²) in [6, 6.07) is 23.7. The van der Waals surface area contributed by atoms with E-state index in [0.29, 0.717) is 17.1 Å². The summed E-state index contributed by atoms with van der Waals surface area (Å²) in [5.41, 5.74) is 4.76. The fourth-order valence-corrected chi connectivity index (χ4v) is 5.29. The third-order valence-corrected chi connectivity index (χ3v) is 7.76. The van der Waals surface area contributed by atoms with Crippen molar-refractivity contribution in [1.29, 1.82) is 5.26 Å². The highest BCUT2D eigenvalue weighted by atomic mass is 16.5. The van der Waals surface area contributed by atoms with Gasteiger partial charge in [0.1, 0.15) is 5.75 Å². The Balaban J connectivity index is 1.22. The first-order chi connectivity index (χ1) is 19.6. The Hall–Kier alpha value is -4.45. The van der Waals surface area contributed by atoms with Gasteiger partial charge in [0.2, 0.25) is 0 Å². The molecule has 1 aromatic heterocycles. The van der Waals surface area contributed by atoms with E-state index in [-0.39, 0.29) is 6.03 Å². The number of carbonyl (C=O) groups is 1. The maximum absolute atomic E-state index is 13.1. The van der Waals surface area contributed by atoms with Crippen molar-refractivity contribution in [1.82, 2.24) is 9.88 Å². The molecule has 202 valence electrons. The van der Waals surface area contributed by atoms with E-state index in [0.717, 1.165) is 78.8 Å². The van der Waals surface area contributed by atoms with Gasteiger partial charge in [0.05, 0.1) is 48.9 Å². The maximum Gasteiger partial charge on any atom is 0.323 e. The zero-order chi connectivity index (χ0) is 27.5. The largest absolute Gasteiger partial charge is 0.495 e. The van der Waals surface area contributed by atoms with Gasteiger partial charge in [-0.2, -0.15) is 5.26 Å². The van der Waals surface area contributed by atoms with Crippen LogP contribution in [-0.2, 0) is 16.7 Å². The van der Waals surface area contributed by atoms with Gasteiger partial charge in [0.25, 0.3) is 0 Å². The first-order valence-electron chi connectivity index (χ1n) is 13.5. The summed E-state index contributed by atoms with van der Waals surface area (Å²) in [6.07, 6.45) is 3.57. The van der Waals surface area contributed by atoms with Crippen LogP contribution in [0.5, 0.6) is 5.75 Å². The number of fused-ring (bicyclic) bond motifs is 1. The molecule has 0 radical (unpaired) electrons. The Morgan fingerprint density at radius 1 is 1.02 bits per heavy atom. The maximum atomic E-state index is 13.1. The molecular formula is C32H31N5O3. The number of pyridine rings is 1. The second-order valence-electron chi connectivity index (χ2n) is 10.3. The number of nitrogens with zero attached hydrogens (tertiary/aromatic N) is 3. The molecule has 2 aliphatic rings. The van der Waals surface area contributed by atoms with E-state index in [2.05, 4.69) is 39.8 Å². The van der Waals surface area contributed by atoms with Gasteiger partial charge in [-0.15, -0.1) is 0 Å². The van der Waals surface area contributed by atoms with Crippen molar-refractivity contribution in [3.8, 4) is 22.9 Å². The quantitative estimate of drug-likeness (QED) is 0.305. The van der Waals surface area contributed by atoms with Crippen molar-refractivity contribution < 1.29 is 14.3 Å². The summed E-state index contributed by atoms with van der Waals surface area (Å²) in [5, 5.41) is 17.5. The average Bonchev–Trinajstić information content (AvgIpc) is 3.80. The Kier molecular flexibility index (Phi) is 7.08. The van der Waals surface area contributed by atoms with Crippen LogP contribution in [0.15, 0.2) is 72.9 Å². The number of carbonyl (C=O) groups excluding carboxylic acids is 1. The minimum atomic E-state index is -0.458. The van der Waals surface area contributed by atoms with Gasteiger partial charge in [0.15, 0.2) is 0 Å². The first kappa shape index (κ1) is 25.8.